The summed E-state index contributed by atoms with van der Waals surface area (Å²) >= 11 is 1.86. The van der Waals surface area contributed by atoms with Gasteiger partial charge in [-0.05, 0) is 80.5 Å². The standard InChI is InChI=1S/C42H27NS/c1-2-9-28(10-3-1)29-21-23-33(24-22-29)43(34-25-26-40-37(27-34)36-14-6-7-16-39(36)44-40)38-15-8-12-31-19-20-32-18-17-30-11-4-5-13-35(30)41(32)42(31)38/h1-27H. The third kappa shape index (κ3) is 4.00. The average molecular weight is 578 g/mol. The molecule has 0 atom stereocenters. The second-order valence-corrected chi connectivity index (χ2v) is 12.4. The molecule has 0 aliphatic carbocycles. The van der Waals surface area contributed by atoms with Crippen molar-refractivity contribution in [3.05, 3.63) is 164 Å². The van der Waals surface area contributed by atoms with E-state index in [0.29, 0.717) is 0 Å². The SMILES string of the molecule is c1ccc(-c2ccc(N(c3ccc4sc5ccccc5c4c3)c3cccc4ccc5ccc6ccccc6c5c34)cc2)cc1. The quantitative estimate of drug-likeness (QED) is 0.188. The molecule has 9 aromatic rings. The third-order valence-corrected chi connectivity index (χ3v) is 9.97. The monoisotopic (exact) mass is 577 g/mol. The van der Waals surface area contributed by atoms with Crippen LogP contribution in [0.5, 0.6) is 0 Å². The fraction of sp³-hybridized carbons (Fsp3) is 0. The van der Waals surface area contributed by atoms with E-state index in [1.54, 1.807) is 0 Å². The second kappa shape index (κ2) is 10.1. The molecule has 0 radical (unpaired) electrons. The van der Waals surface area contributed by atoms with E-state index in [2.05, 4.69) is 169 Å². The van der Waals surface area contributed by atoms with Gasteiger partial charge in [0.05, 0.1) is 5.69 Å². The molecule has 0 saturated carbocycles. The highest BCUT2D eigenvalue weighted by Gasteiger charge is 2.19. The summed E-state index contributed by atoms with van der Waals surface area (Å²) in [6.45, 7) is 0. The zero-order chi connectivity index (χ0) is 29.0. The van der Waals surface area contributed by atoms with E-state index in [1.165, 1.54) is 69.3 Å². The molecule has 0 amide bonds. The maximum absolute atomic E-state index is 2.45. The largest absolute Gasteiger partial charge is 0.310 e. The molecule has 1 nitrogen and oxygen atoms in total. The lowest BCUT2D eigenvalue weighted by atomic mass is 9.94. The smallest absolute Gasteiger partial charge is 0.0546 e. The van der Waals surface area contributed by atoms with Crippen LogP contribution >= 0.6 is 11.3 Å². The highest BCUT2D eigenvalue weighted by atomic mass is 32.1. The first-order valence-electron chi connectivity index (χ1n) is 15.0. The molecular weight excluding hydrogens is 551 g/mol. The maximum atomic E-state index is 2.45. The van der Waals surface area contributed by atoms with Gasteiger partial charge in [0.25, 0.3) is 0 Å². The number of hydrogen-bond donors (Lipinski definition) is 0. The van der Waals surface area contributed by atoms with Gasteiger partial charge in [0, 0.05) is 36.9 Å². The lowest BCUT2D eigenvalue weighted by Gasteiger charge is -2.28. The lowest BCUT2D eigenvalue weighted by molar-refractivity contribution is 1.31. The van der Waals surface area contributed by atoms with Crippen molar-refractivity contribution < 1.29 is 0 Å². The molecule has 0 bridgehead atoms. The van der Waals surface area contributed by atoms with Crippen molar-refractivity contribution in [3.63, 3.8) is 0 Å². The average Bonchev–Trinajstić information content (AvgIpc) is 3.47. The summed E-state index contributed by atoms with van der Waals surface area (Å²) in [6, 6.07) is 59.8. The van der Waals surface area contributed by atoms with Gasteiger partial charge in [-0.2, -0.15) is 0 Å². The van der Waals surface area contributed by atoms with E-state index in [4.69, 9.17) is 0 Å². The summed E-state index contributed by atoms with van der Waals surface area (Å²) in [5.41, 5.74) is 5.89. The molecule has 0 aliphatic heterocycles. The number of rotatable bonds is 4. The molecule has 206 valence electrons. The Kier molecular flexibility index (Phi) is 5.75. The summed E-state index contributed by atoms with van der Waals surface area (Å²) < 4.78 is 2.63. The second-order valence-electron chi connectivity index (χ2n) is 11.4. The Balaban J connectivity index is 1.35. The molecule has 2 heteroatoms. The van der Waals surface area contributed by atoms with Crippen LogP contribution in [-0.2, 0) is 0 Å². The first kappa shape index (κ1) is 25.1. The molecule has 0 fully saturated rings. The molecule has 0 N–H and O–H groups in total. The predicted octanol–water partition coefficient (Wildman–Crippen LogP) is 12.7. The zero-order valence-electron chi connectivity index (χ0n) is 23.9. The zero-order valence-corrected chi connectivity index (χ0v) is 24.8. The van der Waals surface area contributed by atoms with Gasteiger partial charge in [0.1, 0.15) is 0 Å². The molecule has 44 heavy (non-hydrogen) atoms. The minimum absolute atomic E-state index is 1.13. The van der Waals surface area contributed by atoms with Crippen LogP contribution in [0.4, 0.5) is 17.1 Å². The number of hydrogen-bond acceptors (Lipinski definition) is 2. The Hall–Kier alpha value is -5.44. The van der Waals surface area contributed by atoms with E-state index >= 15 is 0 Å². The Morgan fingerprint density at radius 1 is 0.364 bits per heavy atom. The van der Waals surface area contributed by atoms with Crippen molar-refractivity contribution in [2.24, 2.45) is 0 Å². The molecule has 9 rings (SSSR count). The number of fused-ring (bicyclic) bond motifs is 8. The number of thiophene rings is 1. The van der Waals surface area contributed by atoms with Gasteiger partial charge >= 0.3 is 0 Å². The van der Waals surface area contributed by atoms with E-state index in [0.717, 1.165) is 11.4 Å². The Labute approximate surface area is 259 Å². The maximum Gasteiger partial charge on any atom is 0.0546 e. The van der Waals surface area contributed by atoms with Crippen molar-refractivity contribution in [1.82, 2.24) is 0 Å². The van der Waals surface area contributed by atoms with Gasteiger partial charge in [-0.3, -0.25) is 0 Å². The van der Waals surface area contributed by atoms with Gasteiger partial charge in [0.15, 0.2) is 0 Å². The van der Waals surface area contributed by atoms with Crippen LogP contribution in [0.2, 0.25) is 0 Å². The first-order chi connectivity index (χ1) is 21.8. The van der Waals surface area contributed by atoms with E-state index in [1.807, 2.05) is 11.3 Å². The molecule has 1 aromatic heterocycles. The van der Waals surface area contributed by atoms with E-state index in [-0.39, 0.29) is 0 Å². The highest BCUT2D eigenvalue weighted by molar-refractivity contribution is 7.25. The van der Waals surface area contributed by atoms with E-state index in [9.17, 15) is 0 Å². The first-order valence-corrected chi connectivity index (χ1v) is 15.8. The van der Waals surface area contributed by atoms with E-state index < -0.39 is 0 Å². The molecular formula is C42H27NS. The predicted molar refractivity (Wildman–Crippen MR) is 192 cm³/mol. The number of anilines is 3. The molecule has 0 unspecified atom stereocenters. The summed E-state index contributed by atoms with van der Waals surface area (Å²) in [6.07, 6.45) is 0. The minimum Gasteiger partial charge on any atom is -0.310 e. The van der Waals surface area contributed by atoms with Crippen molar-refractivity contribution >= 4 is 80.9 Å². The van der Waals surface area contributed by atoms with Crippen LogP contribution in [0.25, 0.3) is 63.6 Å². The van der Waals surface area contributed by atoms with Crippen LogP contribution in [0, 0.1) is 0 Å². The number of benzene rings is 8. The molecule has 8 aromatic carbocycles. The van der Waals surface area contributed by atoms with Crippen molar-refractivity contribution in [1.29, 1.82) is 0 Å². The third-order valence-electron chi connectivity index (χ3n) is 8.82. The topological polar surface area (TPSA) is 3.24 Å². The van der Waals surface area contributed by atoms with Crippen molar-refractivity contribution in [2.75, 3.05) is 4.90 Å². The van der Waals surface area contributed by atoms with Crippen molar-refractivity contribution in [2.45, 2.75) is 0 Å². The highest BCUT2D eigenvalue weighted by Crippen LogP contribution is 2.45. The molecule has 0 saturated heterocycles. The van der Waals surface area contributed by atoms with Crippen molar-refractivity contribution in [3.8, 4) is 11.1 Å². The summed E-state index contributed by atoms with van der Waals surface area (Å²) in [4.78, 5) is 2.45. The molecule has 0 aliphatic rings. The fourth-order valence-electron chi connectivity index (χ4n) is 6.75. The van der Waals surface area contributed by atoms with Gasteiger partial charge in [0.2, 0.25) is 0 Å². The van der Waals surface area contributed by atoms with Crippen LogP contribution in [0.15, 0.2) is 164 Å². The minimum atomic E-state index is 1.13. The Morgan fingerprint density at radius 3 is 1.82 bits per heavy atom. The normalized spacial score (nSPS) is 11.6. The van der Waals surface area contributed by atoms with Crippen LogP contribution < -0.4 is 4.90 Å². The summed E-state index contributed by atoms with van der Waals surface area (Å²) in [5.74, 6) is 0. The van der Waals surface area contributed by atoms with Gasteiger partial charge in [-0.25, -0.2) is 0 Å². The molecule has 1 heterocycles. The van der Waals surface area contributed by atoms with Gasteiger partial charge in [-0.1, -0.05) is 121 Å². The summed E-state index contributed by atoms with van der Waals surface area (Å²) in [7, 11) is 0. The van der Waals surface area contributed by atoms with Gasteiger partial charge < -0.3 is 4.90 Å². The van der Waals surface area contributed by atoms with Gasteiger partial charge in [-0.15, -0.1) is 11.3 Å². The number of nitrogens with zero attached hydrogens (tertiary/aromatic N) is 1. The Bertz CT molecular complexity index is 2480. The Morgan fingerprint density at radius 2 is 0.977 bits per heavy atom. The molecule has 0 spiro atoms. The lowest BCUT2D eigenvalue weighted by Crippen LogP contribution is -2.10. The summed E-state index contributed by atoms with van der Waals surface area (Å²) in [5, 5.41) is 10.2. The van der Waals surface area contributed by atoms with Crippen LogP contribution in [0.3, 0.4) is 0 Å². The van der Waals surface area contributed by atoms with Crippen LogP contribution in [-0.4, -0.2) is 0 Å². The van der Waals surface area contributed by atoms with Crippen LogP contribution in [0.1, 0.15) is 0 Å². The fourth-order valence-corrected chi connectivity index (χ4v) is 7.84.